The number of ether oxygens (including phenoxy) is 1. The van der Waals surface area contributed by atoms with Gasteiger partial charge in [0.15, 0.2) is 5.79 Å². The molecule has 0 radical (unpaired) electrons. The number of methoxy groups -OCH3 is 1. The van der Waals surface area contributed by atoms with Crippen molar-refractivity contribution < 1.29 is 24.9 Å². The summed E-state index contributed by atoms with van der Waals surface area (Å²) in [6.45, 7) is 6.60. The van der Waals surface area contributed by atoms with Gasteiger partial charge in [-0.25, -0.2) is 4.79 Å². The third-order valence-electron chi connectivity index (χ3n) is 1.79. The number of aliphatic hydroxyl groups excluding tert-OH is 1. The molecule has 1 rings (SSSR count). The molecular formula is C13H26O5. The molecular weight excluding hydrogens is 236 g/mol. The molecule has 0 amide bonds. The Balaban J connectivity index is 0. The molecule has 1 aliphatic carbocycles. The maximum atomic E-state index is 10.9. The molecule has 0 saturated heterocycles. The van der Waals surface area contributed by atoms with Crippen LogP contribution in [-0.4, -0.2) is 40.3 Å². The summed E-state index contributed by atoms with van der Waals surface area (Å²) in [7, 11) is 1.35. The molecule has 0 heterocycles. The number of carbonyl (C=O) groups is 1. The monoisotopic (exact) mass is 262 g/mol. The number of aliphatic hydroxyl groups is 3. The van der Waals surface area contributed by atoms with Gasteiger partial charge in [-0.2, -0.15) is 0 Å². The highest BCUT2D eigenvalue weighted by Gasteiger charge is 2.17. The van der Waals surface area contributed by atoms with Gasteiger partial charge in [-0.3, -0.25) is 0 Å². The van der Waals surface area contributed by atoms with Crippen molar-refractivity contribution in [1.82, 2.24) is 0 Å². The third-order valence-corrected chi connectivity index (χ3v) is 1.79. The highest BCUT2D eigenvalue weighted by molar-refractivity contribution is 5.88. The first-order valence-corrected chi connectivity index (χ1v) is 6.14. The standard InChI is InChI=1S/C8H12O3.C3H8O2.C2H6/c1-11-8(10)6-3-2-4-7(9)5-6;1-3(2,4)5;1-2/h3,7,9H,2,4-5H2,1H3;4-5H,1-2H3;1-2H3. The van der Waals surface area contributed by atoms with Crippen LogP contribution in [0.5, 0.6) is 0 Å². The highest BCUT2D eigenvalue weighted by Crippen LogP contribution is 2.18. The fourth-order valence-corrected chi connectivity index (χ4v) is 1.19. The van der Waals surface area contributed by atoms with Gasteiger partial charge in [0.2, 0.25) is 0 Å². The van der Waals surface area contributed by atoms with E-state index in [9.17, 15) is 9.90 Å². The van der Waals surface area contributed by atoms with Crippen molar-refractivity contribution in [3.8, 4) is 0 Å². The molecule has 18 heavy (non-hydrogen) atoms. The first-order chi connectivity index (χ1) is 8.24. The molecule has 5 nitrogen and oxygen atoms in total. The molecule has 1 unspecified atom stereocenters. The van der Waals surface area contributed by atoms with Crippen LogP contribution in [-0.2, 0) is 9.53 Å². The third kappa shape index (κ3) is 13.2. The second kappa shape index (κ2) is 10.1. The van der Waals surface area contributed by atoms with Crippen LogP contribution in [0, 0.1) is 0 Å². The molecule has 1 aliphatic rings. The molecule has 1 atom stereocenters. The fourth-order valence-electron chi connectivity index (χ4n) is 1.19. The molecule has 0 aromatic heterocycles. The number of esters is 1. The van der Waals surface area contributed by atoms with Gasteiger partial charge in [0.05, 0.1) is 13.2 Å². The number of hydrogen-bond acceptors (Lipinski definition) is 5. The minimum atomic E-state index is -1.50. The van der Waals surface area contributed by atoms with Crippen LogP contribution >= 0.6 is 0 Å². The predicted molar refractivity (Wildman–Crippen MR) is 69.8 cm³/mol. The van der Waals surface area contributed by atoms with Crippen molar-refractivity contribution in [1.29, 1.82) is 0 Å². The normalized spacial score (nSPS) is 18.4. The van der Waals surface area contributed by atoms with Gasteiger partial charge in [-0.05, 0) is 26.7 Å². The van der Waals surface area contributed by atoms with E-state index >= 15 is 0 Å². The van der Waals surface area contributed by atoms with E-state index < -0.39 is 5.79 Å². The molecule has 0 spiro atoms. The second-order valence-corrected chi connectivity index (χ2v) is 4.15. The zero-order valence-electron chi connectivity index (χ0n) is 11.9. The maximum Gasteiger partial charge on any atom is 0.333 e. The van der Waals surface area contributed by atoms with E-state index in [1.54, 1.807) is 0 Å². The zero-order valence-corrected chi connectivity index (χ0v) is 11.9. The number of allylic oxidation sites excluding steroid dienone is 1. The van der Waals surface area contributed by atoms with Crippen LogP contribution in [0.25, 0.3) is 0 Å². The lowest BCUT2D eigenvalue weighted by atomic mass is 9.97. The van der Waals surface area contributed by atoms with Gasteiger partial charge >= 0.3 is 5.97 Å². The molecule has 0 aromatic carbocycles. The number of hydrogen-bond donors (Lipinski definition) is 3. The molecule has 0 aromatic rings. The van der Waals surface area contributed by atoms with Crippen molar-refractivity contribution in [3.05, 3.63) is 11.6 Å². The summed E-state index contributed by atoms with van der Waals surface area (Å²) in [6.07, 6.45) is 3.42. The summed E-state index contributed by atoms with van der Waals surface area (Å²) in [5, 5.41) is 25.3. The summed E-state index contributed by atoms with van der Waals surface area (Å²) in [4.78, 5) is 10.9. The van der Waals surface area contributed by atoms with Crippen LogP contribution in [0.15, 0.2) is 11.6 Å². The Morgan fingerprint density at radius 2 is 1.83 bits per heavy atom. The van der Waals surface area contributed by atoms with E-state index in [0.29, 0.717) is 12.0 Å². The van der Waals surface area contributed by atoms with Gasteiger partial charge < -0.3 is 20.1 Å². The summed E-state index contributed by atoms with van der Waals surface area (Å²) < 4.78 is 4.52. The number of carbonyl (C=O) groups excluding carboxylic acids is 1. The van der Waals surface area contributed by atoms with Crippen LogP contribution in [0.4, 0.5) is 0 Å². The van der Waals surface area contributed by atoms with E-state index in [-0.39, 0.29) is 12.1 Å². The fraction of sp³-hybridized carbons (Fsp3) is 0.769. The second-order valence-electron chi connectivity index (χ2n) is 4.15. The van der Waals surface area contributed by atoms with E-state index in [0.717, 1.165) is 12.8 Å². The van der Waals surface area contributed by atoms with Crippen molar-refractivity contribution in [3.63, 3.8) is 0 Å². The molecule has 0 aliphatic heterocycles. The van der Waals surface area contributed by atoms with Gasteiger partial charge in [0, 0.05) is 12.0 Å². The van der Waals surface area contributed by atoms with Crippen molar-refractivity contribution >= 4 is 5.97 Å². The van der Waals surface area contributed by atoms with E-state index in [1.165, 1.54) is 21.0 Å². The Bertz CT molecular complexity index is 247. The van der Waals surface area contributed by atoms with Crippen molar-refractivity contribution in [2.45, 2.75) is 58.8 Å². The van der Waals surface area contributed by atoms with Crippen LogP contribution < -0.4 is 0 Å². The van der Waals surface area contributed by atoms with Crippen LogP contribution in [0.1, 0.15) is 47.0 Å². The smallest absolute Gasteiger partial charge is 0.333 e. The molecule has 5 heteroatoms. The Morgan fingerprint density at radius 1 is 1.39 bits per heavy atom. The van der Waals surface area contributed by atoms with Crippen LogP contribution in [0.2, 0.25) is 0 Å². The Morgan fingerprint density at radius 3 is 2.17 bits per heavy atom. The largest absolute Gasteiger partial charge is 0.466 e. The summed E-state index contributed by atoms with van der Waals surface area (Å²) in [5.41, 5.74) is 0.603. The predicted octanol–water partition coefficient (Wildman–Crippen LogP) is 1.36. The first-order valence-electron chi connectivity index (χ1n) is 6.14. The van der Waals surface area contributed by atoms with E-state index in [1.807, 2.05) is 19.9 Å². The van der Waals surface area contributed by atoms with Gasteiger partial charge in [0.1, 0.15) is 0 Å². The average molecular weight is 262 g/mol. The van der Waals surface area contributed by atoms with Gasteiger partial charge in [-0.1, -0.05) is 19.9 Å². The molecule has 108 valence electrons. The minimum Gasteiger partial charge on any atom is -0.466 e. The Hall–Kier alpha value is -0.910. The summed E-state index contributed by atoms with van der Waals surface area (Å²) in [5.74, 6) is -1.82. The first kappa shape index (κ1) is 19.4. The summed E-state index contributed by atoms with van der Waals surface area (Å²) >= 11 is 0. The van der Waals surface area contributed by atoms with Gasteiger partial charge in [0.25, 0.3) is 0 Å². The Kier molecular flexibility index (Phi) is 10.9. The van der Waals surface area contributed by atoms with Gasteiger partial charge in [-0.15, -0.1) is 0 Å². The van der Waals surface area contributed by atoms with E-state index in [2.05, 4.69) is 4.74 Å². The number of rotatable bonds is 1. The summed E-state index contributed by atoms with van der Waals surface area (Å²) in [6, 6.07) is 0. The maximum absolute atomic E-state index is 10.9. The lowest BCUT2D eigenvalue weighted by Crippen LogP contribution is -2.17. The SMILES string of the molecule is CC.CC(C)(O)O.COC(=O)C1=CCCC(O)C1. The molecule has 3 N–H and O–H groups in total. The lowest BCUT2D eigenvalue weighted by Gasteiger charge is -2.15. The Labute approximate surface area is 109 Å². The highest BCUT2D eigenvalue weighted by atomic mass is 16.5. The van der Waals surface area contributed by atoms with Crippen molar-refractivity contribution in [2.75, 3.05) is 7.11 Å². The van der Waals surface area contributed by atoms with E-state index in [4.69, 9.17) is 10.2 Å². The topological polar surface area (TPSA) is 87.0 Å². The van der Waals surface area contributed by atoms with Crippen LogP contribution in [0.3, 0.4) is 0 Å². The minimum absolute atomic E-state index is 0.316. The zero-order chi connectivity index (χ0) is 14.8. The average Bonchev–Trinajstić information content (AvgIpc) is 2.28. The molecule has 0 saturated carbocycles. The quantitative estimate of drug-likeness (QED) is 0.490. The van der Waals surface area contributed by atoms with Crippen molar-refractivity contribution in [2.24, 2.45) is 0 Å². The molecule has 0 bridgehead atoms. The lowest BCUT2D eigenvalue weighted by molar-refractivity contribution is -0.136. The molecule has 0 fully saturated rings.